The Morgan fingerprint density at radius 2 is 2.00 bits per heavy atom. The zero-order chi connectivity index (χ0) is 6.36. The van der Waals surface area contributed by atoms with Gasteiger partial charge in [-0.15, -0.1) is 0 Å². The Morgan fingerprint density at radius 1 is 1.62 bits per heavy atom. The first kappa shape index (κ1) is 6.16. The Morgan fingerprint density at radius 3 is 2.00 bits per heavy atom. The maximum absolute atomic E-state index is 11.6. The van der Waals surface area contributed by atoms with Gasteiger partial charge in [-0.1, -0.05) is 0 Å². The molecule has 1 aliphatic rings. The number of rotatable bonds is 1. The van der Waals surface area contributed by atoms with Crippen LogP contribution in [0, 0.1) is 0 Å². The molecule has 0 saturated carbocycles. The minimum Gasteiger partial charge on any atom is -0.323 e. The average molecular weight is 142 g/mol. The predicted octanol–water partition coefficient (Wildman–Crippen LogP) is -0.184. The Labute approximate surface area is 44.4 Å². The summed E-state index contributed by atoms with van der Waals surface area (Å²) in [5.41, 5.74) is 0. The van der Waals surface area contributed by atoms with Crippen LogP contribution in [0.1, 0.15) is 0 Å². The van der Waals surface area contributed by atoms with E-state index in [1.54, 1.807) is 0 Å². The molecule has 1 heterocycles. The standard InChI is InChI=1S/C2H4FO4P/c3-1-2(7-1)8(4,5)6/h1-2H,(H2,4,5,6). The molecule has 48 valence electrons. The maximum Gasteiger partial charge on any atom is 0.359 e. The molecule has 1 fully saturated rings. The molecular weight excluding hydrogens is 138 g/mol. The predicted molar refractivity (Wildman–Crippen MR) is 21.8 cm³/mol. The zero-order valence-electron chi connectivity index (χ0n) is 3.69. The second kappa shape index (κ2) is 1.51. The quantitative estimate of drug-likeness (QED) is 0.393. The summed E-state index contributed by atoms with van der Waals surface area (Å²) >= 11 is 0. The van der Waals surface area contributed by atoms with Crippen molar-refractivity contribution in [2.45, 2.75) is 12.2 Å². The van der Waals surface area contributed by atoms with Gasteiger partial charge >= 0.3 is 7.60 Å². The second-order valence-electron chi connectivity index (χ2n) is 1.47. The van der Waals surface area contributed by atoms with Gasteiger partial charge in [0.05, 0.1) is 0 Å². The fourth-order valence-electron chi connectivity index (χ4n) is 0.320. The molecule has 0 aliphatic carbocycles. The third-order valence-electron chi connectivity index (χ3n) is 0.749. The van der Waals surface area contributed by atoms with Crippen molar-refractivity contribution >= 4 is 7.60 Å². The van der Waals surface area contributed by atoms with E-state index in [1.807, 2.05) is 0 Å². The van der Waals surface area contributed by atoms with Crippen molar-refractivity contribution in [3.8, 4) is 0 Å². The third kappa shape index (κ3) is 1.06. The highest BCUT2D eigenvalue weighted by Gasteiger charge is 2.52. The molecule has 0 amide bonds. The lowest BCUT2D eigenvalue weighted by molar-refractivity contribution is 0.264. The molecule has 2 N–H and O–H groups in total. The highest BCUT2D eigenvalue weighted by Crippen LogP contribution is 2.53. The summed E-state index contributed by atoms with van der Waals surface area (Å²) in [6.07, 6.45) is -1.75. The third-order valence-corrected chi connectivity index (χ3v) is 1.77. The second-order valence-corrected chi connectivity index (χ2v) is 3.15. The van der Waals surface area contributed by atoms with E-state index in [4.69, 9.17) is 9.79 Å². The normalized spacial score (nSPS) is 37.4. The van der Waals surface area contributed by atoms with Crippen LogP contribution in [0.5, 0.6) is 0 Å². The van der Waals surface area contributed by atoms with Crippen LogP contribution in [-0.2, 0) is 9.30 Å². The molecule has 0 aromatic heterocycles. The number of epoxide rings is 1. The van der Waals surface area contributed by atoms with Gasteiger partial charge in [-0.2, -0.15) is 0 Å². The molecular formula is C2H4FO4P. The van der Waals surface area contributed by atoms with Crippen LogP contribution >= 0.6 is 7.60 Å². The molecule has 0 aromatic rings. The van der Waals surface area contributed by atoms with Crippen molar-refractivity contribution in [1.82, 2.24) is 0 Å². The van der Waals surface area contributed by atoms with E-state index in [2.05, 4.69) is 4.74 Å². The molecule has 1 saturated heterocycles. The van der Waals surface area contributed by atoms with Gasteiger partial charge in [-0.3, -0.25) is 4.57 Å². The summed E-state index contributed by atoms with van der Waals surface area (Å²) in [4.78, 5) is 16.1. The largest absolute Gasteiger partial charge is 0.359 e. The van der Waals surface area contributed by atoms with E-state index < -0.39 is 19.8 Å². The fraction of sp³-hybridized carbons (Fsp3) is 1.00. The van der Waals surface area contributed by atoms with E-state index in [1.165, 1.54) is 0 Å². The minimum absolute atomic E-state index is 1.48. The Hall–Kier alpha value is 0.0400. The van der Waals surface area contributed by atoms with Gasteiger partial charge in [-0.25, -0.2) is 4.39 Å². The van der Waals surface area contributed by atoms with Gasteiger partial charge in [0.2, 0.25) is 12.2 Å². The van der Waals surface area contributed by atoms with Gasteiger partial charge < -0.3 is 14.5 Å². The Kier molecular flexibility index (Phi) is 1.16. The van der Waals surface area contributed by atoms with E-state index in [-0.39, 0.29) is 0 Å². The van der Waals surface area contributed by atoms with E-state index in [9.17, 15) is 8.96 Å². The van der Waals surface area contributed by atoms with Gasteiger partial charge in [-0.05, 0) is 0 Å². The molecule has 2 unspecified atom stereocenters. The lowest BCUT2D eigenvalue weighted by Gasteiger charge is -1.92. The minimum atomic E-state index is -4.28. The first-order chi connectivity index (χ1) is 3.52. The van der Waals surface area contributed by atoms with Crippen molar-refractivity contribution in [2.24, 2.45) is 0 Å². The van der Waals surface area contributed by atoms with Crippen LogP contribution < -0.4 is 0 Å². The SMILES string of the molecule is O=P(O)(O)C1OC1F. The molecule has 0 spiro atoms. The van der Waals surface area contributed by atoms with Crippen molar-refractivity contribution in [1.29, 1.82) is 0 Å². The summed E-state index contributed by atoms with van der Waals surface area (Å²) in [6.45, 7) is 0. The molecule has 0 aromatic carbocycles. The number of halogens is 1. The van der Waals surface area contributed by atoms with Crippen molar-refractivity contribution in [3.05, 3.63) is 0 Å². The number of hydrogen-bond donors (Lipinski definition) is 2. The van der Waals surface area contributed by atoms with Gasteiger partial charge in [0.1, 0.15) is 0 Å². The van der Waals surface area contributed by atoms with Crippen LogP contribution in [0.2, 0.25) is 0 Å². The smallest absolute Gasteiger partial charge is 0.323 e. The molecule has 6 heteroatoms. The Balaban J connectivity index is 2.52. The van der Waals surface area contributed by atoms with Crippen LogP contribution in [0.4, 0.5) is 4.39 Å². The first-order valence-corrected chi connectivity index (χ1v) is 3.55. The van der Waals surface area contributed by atoms with Gasteiger partial charge in [0.15, 0.2) is 0 Å². The van der Waals surface area contributed by atoms with Crippen molar-refractivity contribution in [3.63, 3.8) is 0 Å². The van der Waals surface area contributed by atoms with Crippen molar-refractivity contribution < 1.29 is 23.5 Å². The lowest BCUT2D eigenvalue weighted by atomic mass is 10.9. The molecule has 1 rings (SSSR count). The highest BCUT2D eigenvalue weighted by atomic mass is 31.2. The molecule has 2 atom stereocenters. The molecule has 4 nitrogen and oxygen atoms in total. The highest BCUT2D eigenvalue weighted by molar-refractivity contribution is 7.52. The van der Waals surface area contributed by atoms with Gasteiger partial charge in [0.25, 0.3) is 0 Å². The number of alkyl halides is 1. The topological polar surface area (TPSA) is 70.1 Å². The molecule has 8 heavy (non-hydrogen) atoms. The van der Waals surface area contributed by atoms with Crippen LogP contribution in [0.3, 0.4) is 0 Å². The number of hydrogen-bond acceptors (Lipinski definition) is 2. The van der Waals surface area contributed by atoms with E-state index in [0.717, 1.165) is 0 Å². The van der Waals surface area contributed by atoms with E-state index >= 15 is 0 Å². The lowest BCUT2D eigenvalue weighted by Crippen LogP contribution is -1.88. The zero-order valence-corrected chi connectivity index (χ0v) is 4.59. The monoisotopic (exact) mass is 142 g/mol. The summed E-state index contributed by atoms with van der Waals surface area (Å²) in [6, 6.07) is 0. The summed E-state index contributed by atoms with van der Waals surface area (Å²) in [5.74, 6) is -1.48. The summed E-state index contributed by atoms with van der Waals surface area (Å²) in [7, 11) is -4.28. The number of ether oxygens (including phenoxy) is 1. The van der Waals surface area contributed by atoms with Crippen molar-refractivity contribution in [2.75, 3.05) is 0 Å². The van der Waals surface area contributed by atoms with Gasteiger partial charge in [0, 0.05) is 0 Å². The summed E-state index contributed by atoms with van der Waals surface area (Å²) in [5, 5.41) is 0. The Bertz CT molecular complexity index is 141. The van der Waals surface area contributed by atoms with Crippen LogP contribution in [0.25, 0.3) is 0 Å². The molecule has 0 bridgehead atoms. The first-order valence-electron chi connectivity index (χ1n) is 1.86. The van der Waals surface area contributed by atoms with Crippen LogP contribution in [0.15, 0.2) is 0 Å². The average Bonchev–Trinajstić information content (AvgIpc) is 2.13. The fourth-order valence-corrected chi connectivity index (χ4v) is 0.900. The maximum atomic E-state index is 11.6. The van der Waals surface area contributed by atoms with E-state index in [0.29, 0.717) is 0 Å². The van der Waals surface area contributed by atoms with Crippen LogP contribution in [-0.4, -0.2) is 22.0 Å². The summed E-state index contributed by atoms with van der Waals surface area (Å²) < 4.78 is 25.3. The molecule has 1 aliphatic heterocycles. The molecule has 0 radical (unpaired) electrons.